The number of nitrogens with one attached hydrogen (secondary N) is 1. The fourth-order valence-corrected chi connectivity index (χ4v) is 3.46. The van der Waals surface area contributed by atoms with Gasteiger partial charge in [-0.15, -0.1) is 0 Å². The molecule has 1 saturated carbocycles. The maximum absolute atomic E-state index is 12.2. The highest BCUT2D eigenvalue weighted by molar-refractivity contribution is 7.99. The summed E-state index contributed by atoms with van der Waals surface area (Å²) in [7, 11) is 0. The molecule has 23 heavy (non-hydrogen) atoms. The van der Waals surface area contributed by atoms with Crippen LogP contribution in [0.15, 0.2) is 60.0 Å². The lowest BCUT2D eigenvalue weighted by molar-refractivity contribution is -0.113. The quantitative estimate of drug-likeness (QED) is 0.719. The van der Waals surface area contributed by atoms with Crippen molar-refractivity contribution in [2.45, 2.75) is 24.0 Å². The molecule has 5 heteroatoms. The summed E-state index contributed by atoms with van der Waals surface area (Å²) >= 11 is 1.49. The van der Waals surface area contributed by atoms with Crippen molar-refractivity contribution in [2.24, 2.45) is 0 Å². The van der Waals surface area contributed by atoms with Crippen molar-refractivity contribution >= 4 is 34.1 Å². The summed E-state index contributed by atoms with van der Waals surface area (Å²) in [4.78, 5) is 16.5. The second-order valence-corrected chi connectivity index (χ2v) is 6.69. The fourth-order valence-electron chi connectivity index (χ4n) is 2.64. The summed E-state index contributed by atoms with van der Waals surface area (Å²) in [6.07, 6.45) is 6.24. The molecule has 1 aromatic heterocycles. The van der Waals surface area contributed by atoms with Gasteiger partial charge in [-0.25, -0.2) is 4.98 Å². The number of aromatic nitrogens is 2. The largest absolute Gasteiger partial charge is 0.325 e. The summed E-state index contributed by atoms with van der Waals surface area (Å²) in [5.74, 6) is 0.368. The van der Waals surface area contributed by atoms with E-state index in [1.165, 1.54) is 30.0 Å². The highest BCUT2D eigenvalue weighted by Gasteiger charge is 2.25. The number of anilines is 1. The number of carbonyl (C=O) groups excluding carboxylic acids is 1. The van der Waals surface area contributed by atoms with Crippen LogP contribution in [0.4, 0.5) is 5.69 Å². The van der Waals surface area contributed by atoms with E-state index in [1.54, 1.807) is 0 Å². The average molecular weight is 323 g/mol. The lowest BCUT2D eigenvalue weighted by atomic mass is 10.1. The van der Waals surface area contributed by atoms with E-state index < -0.39 is 0 Å². The van der Waals surface area contributed by atoms with Gasteiger partial charge < -0.3 is 9.88 Å². The third kappa shape index (κ3) is 3.24. The van der Waals surface area contributed by atoms with Crippen LogP contribution >= 0.6 is 11.8 Å². The minimum Gasteiger partial charge on any atom is -0.325 e. The van der Waals surface area contributed by atoms with E-state index in [9.17, 15) is 4.79 Å². The van der Waals surface area contributed by atoms with E-state index in [-0.39, 0.29) is 5.91 Å². The molecule has 1 N–H and O–H groups in total. The van der Waals surface area contributed by atoms with Gasteiger partial charge in [-0.2, -0.15) is 0 Å². The Morgan fingerprint density at radius 1 is 1.22 bits per heavy atom. The van der Waals surface area contributed by atoms with Crippen LogP contribution in [0.3, 0.4) is 0 Å². The second kappa shape index (κ2) is 6.08. The van der Waals surface area contributed by atoms with Crippen LogP contribution in [-0.4, -0.2) is 21.2 Å². The Morgan fingerprint density at radius 2 is 2.04 bits per heavy atom. The van der Waals surface area contributed by atoms with E-state index in [1.807, 2.05) is 48.8 Å². The van der Waals surface area contributed by atoms with Gasteiger partial charge >= 0.3 is 0 Å². The van der Waals surface area contributed by atoms with E-state index in [2.05, 4.69) is 20.9 Å². The predicted octanol–water partition coefficient (Wildman–Crippen LogP) is 4.10. The van der Waals surface area contributed by atoms with Gasteiger partial charge in [0.15, 0.2) is 5.16 Å². The van der Waals surface area contributed by atoms with Crippen LogP contribution in [0, 0.1) is 0 Å². The zero-order chi connectivity index (χ0) is 15.6. The molecule has 1 aliphatic carbocycles. The number of imidazole rings is 1. The molecule has 0 bridgehead atoms. The van der Waals surface area contributed by atoms with Crippen molar-refractivity contribution < 1.29 is 4.79 Å². The molecule has 116 valence electrons. The van der Waals surface area contributed by atoms with E-state index in [0.29, 0.717) is 11.8 Å². The van der Waals surface area contributed by atoms with Crippen LogP contribution in [-0.2, 0) is 4.79 Å². The number of fused-ring (bicyclic) bond motifs is 1. The Balaban J connectivity index is 1.39. The zero-order valence-corrected chi connectivity index (χ0v) is 13.4. The molecule has 0 unspecified atom stereocenters. The molecular formula is C18H17N3OS. The van der Waals surface area contributed by atoms with Gasteiger partial charge in [-0.1, -0.05) is 42.1 Å². The van der Waals surface area contributed by atoms with Gasteiger partial charge in [0, 0.05) is 24.1 Å². The Kier molecular flexibility index (Phi) is 3.79. The average Bonchev–Trinajstić information content (AvgIpc) is 3.31. The van der Waals surface area contributed by atoms with Crippen LogP contribution in [0.25, 0.3) is 10.8 Å². The van der Waals surface area contributed by atoms with Crippen LogP contribution in [0.2, 0.25) is 0 Å². The van der Waals surface area contributed by atoms with Crippen molar-refractivity contribution in [1.29, 1.82) is 0 Å². The van der Waals surface area contributed by atoms with Gasteiger partial charge in [0.2, 0.25) is 5.91 Å². The molecule has 0 atom stereocenters. The highest BCUT2D eigenvalue weighted by atomic mass is 32.2. The number of hydrogen-bond acceptors (Lipinski definition) is 3. The van der Waals surface area contributed by atoms with Crippen molar-refractivity contribution in [3.8, 4) is 0 Å². The van der Waals surface area contributed by atoms with E-state index in [4.69, 9.17) is 0 Å². The second-order valence-electron chi connectivity index (χ2n) is 5.75. The van der Waals surface area contributed by atoms with Gasteiger partial charge in [0.1, 0.15) is 0 Å². The summed E-state index contributed by atoms with van der Waals surface area (Å²) in [6.45, 7) is 0. The SMILES string of the molecule is O=C(CSc1nccn1C1CC1)Nc1ccc2ccccc2c1. The van der Waals surface area contributed by atoms with E-state index in [0.717, 1.165) is 16.2 Å². The molecule has 1 aliphatic rings. The molecule has 1 amide bonds. The zero-order valence-electron chi connectivity index (χ0n) is 12.6. The maximum Gasteiger partial charge on any atom is 0.234 e. The number of hydrogen-bond donors (Lipinski definition) is 1. The minimum atomic E-state index is -0.00405. The summed E-state index contributed by atoms with van der Waals surface area (Å²) in [5, 5.41) is 6.20. The number of benzene rings is 2. The number of nitrogens with zero attached hydrogens (tertiary/aromatic N) is 2. The lowest BCUT2D eigenvalue weighted by Gasteiger charge is -2.07. The molecule has 0 aliphatic heterocycles. The van der Waals surface area contributed by atoms with Crippen molar-refractivity contribution in [2.75, 3.05) is 11.1 Å². The molecule has 3 aromatic rings. The standard InChI is InChI=1S/C18H17N3OS/c22-17(12-23-18-19-9-10-21(18)16-7-8-16)20-15-6-5-13-3-1-2-4-14(13)11-15/h1-6,9-11,16H,7-8,12H2,(H,20,22). The molecule has 4 nitrogen and oxygen atoms in total. The number of rotatable bonds is 5. The monoisotopic (exact) mass is 323 g/mol. The molecule has 4 rings (SSSR count). The molecular weight excluding hydrogens is 306 g/mol. The van der Waals surface area contributed by atoms with Gasteiger partial charge in [0.05, 0.1) is 5.75 Å². The van der Waals surface area contributed by atoms with Crippen molar-refractivity contribution in [3.63, 3.8) is 0 Å². The first-order valence-corrected chi connectivity index (χ1v) is 8.72. The van der Waals surface area contributed by atoms with E-state index >= 15 is 0 Å². The molecule has 0 saturated heterocycles. The first-order valence-electron chi connectivity index (χ1n) is 7.74. The Hall–Kier alpha value is -2.27. The molecule has 2 aromatic carbocycles. The maximum atomic E-state index is 12.2. The van der Waals surface area contributed by atoms with Crippen LogP contribution < -0.4 is 5.32 Å². The first kappa shape index (κ1) is 14.3. The summed E-state index contributed by atoms with van der Waals surface area (Å²) < 4.78 is 2.17. The van der Waals surface area contributed by atoms with Gasteiger partial charge in [-0.3, -0.25) is 4.79 Å². The minimum absolute atomic E-state index is 0.00405. The fraction of sp³-hybridized carbons (Fsp3) is 0.222. The van der Waals surface area contributed by atoms with Crippen molar-refractivity contribution in [1.82, 2.24) is 9.55 Å². The number of thioether (sulfide) groups is 1. The van der Waals surface area contributed by atoms with Crippen LogP contribution in [0.5, 0.6) is 0 Å². The summed E-state index contributed by atoms with van der Waals surface area (Å²) in [6, 6.07) is 14.7. The van der Waals surface area contributed by atoms with Crippen molar-refractivity contribution in [3.05, 3.63) is 54.9 Å². The van der Waals surface area contributed by atoms with Gasteiger partial charge in [-0.05, 0) is 35.7 Å². The third-order valence-electron chi connectivity index (χ3n) is 3.94. The highest BCUT2D eigenvalue weighted by Crippen LogP contribution is 2.37. The molecule has 0 radical (unpaired) electrons. The smallest absolute Gasteiger partial charge is 0.234 e. The first-order chi connectivity index (χ1) is 11.3. The number of carbonyl (C=O) groups is 1. The Bertz CT molecular complexity index is 854. The lowest BCUT2D eigenvalue weighted by Crippen LogP contribution is -2.14. The Morgan fingerprint density at radius 3 is 2.87 bits per heavy atom. The molecule has 0 spiro atoms. The Labute approximate surface area is 138 Å². The molecule has 1 heterocycles. The normalized spacial score (nSPS) is 14.1. The van der Waals surface area contributed by atoms with Gasteiger partial charge in [0.25, 0.3) is 0 Å². The predicted molar refractivity (Wildman–Crippen MR) is 93.8 cm³/mol. The molecule has 1 fully saturated rings. The topological polar surface area (TPSA) is 46.9 Å². The summed E-state index contributed by atoms with van der Waals surface area (Å²) in [5.41, 5.74) is 0.833. The third-order valence-corrected chi connectivity index (χ3v) is 4.92. The van der Waals surface area contributed by atoms with Crippen LogP contribution in [0.1, 0.15) is 18.9 Å². The number of amides is 1.